The lowest BCUT2D eigenvalue weighted by atomic mass is 9.73. The van der Waals surface area contributed by atoms with Gasteiger partial charge < -0.3 is 10.4 Å². The first-order chi connectivity index (χ1) is 19.7. The number of likely N-dealkylation sites (tertiary alicyclic amines) is 1. The van der Waals surface area contributed by atoms with Gasteiger partial charge in [0.1, 0.15) is 11.4 Å². The number of aromatic nitrogens is 2. The Morgan fingerprint density at radius 3 is 2.76 bits per heavy atom. The van der Waals surface area contributed by atoms with E-state index in [1.807, 2.05) is 16.8 Å². The van der Waals surface area contributed by atoms with Gasteiger partial charge in [0, 0.05) is 52.3 Å². The van der Waals surface area contributed by atoms with Gasteiger partial charge >= 0.3 is 5.97 Å². The number of hydrogen-bond acceptors (Lipinski definition) is 4. The van der Waals surface area contributed by atoms with Gasteiger partial charge in [-0.3, -0.25) is 14.4 Å². The number of amides is 1. The van der Waals surface area contributed by atoms with Gasteiger partial charge in [0.25, 0.3) is 0 Å². The molecule has 1 aromatic heterocycles. The first-order valence-corrected chi connectivity index (χ1v) is 14.5. The molecule has 4 heterocycles. The molecule has 2 N–H and O–H groups in total. The van der Waals surface area contributed by atoms with Gasteiger partial charge in [0.2, 0.25) is 5.91 Å². The van der Waals surface area contributed by atoms with Gasteiger partial charge in [-0.05, 0) is 61.1 Å². The molecule has 3 aromatic carbocycles. The van der Waals surface area contributed by atoms with E-state index in [2.05, 4.69) is 10.2 Å². The number of carboxylic acids is 1. The zero-order chi connectivity index (χ0) is 28.4. The Morgan fingerprint density at radius 2 is 2.00 bits per heavy atom. The number of carbonyl (C=O) groups is 2. The maximum absolute atomic E-state index is 16.1. The van der Waals surface area contributed by atoms with Crippen LogP contribution in [0.5, 0.6) is 0 Å². The second-order valence-corrected chi connectivity index (χ2v) is 12.6. The molecule has 3 aliphatic heterocycles. The molecule has 1 aliphatic carbocycles. The zero-order valence-corrected chi connectivity index (χ0v) is 23.5. The molecule has 0 bridgehead atoms. The molecule has 1 saturated heterocycles. The predicted molar refractivity (Wildman–Crippen MR) is 153 cm³/mol. The van der Waals surface area contributed by atoms with Crippen LogP contribution in [0.4, 0.5) is 10.1 Å². The van der Waals surface area contributed by atoms with Crippen molar-refractivity contribution >= 4 is 51.7 Å². The van der Waals surface area contributed by atoms with Crippen LogP contribution in [0.1, 0.15) is 57.5 Å². The fourth-order valence-electron chi connectivity index (χ4n) is 7.78. The summed E-state index contributed by atoms with van der Waals surface area (Å²) in [4.78, 5) is 28.6. The highest BCUT2D eigenvalue weighted by Gasteiger charge is 2.69. The van der Waals surface area contributed by atoms with Crippen molar-refractivity contribution in [2.45, 2.75) is 49.7 Å². The van der Waals surface area contributed by atoms with Crippen molar-refractivity contribution in [2.75, 3.05) is 11.9 Å². The van der Waals surface area contributed by atoms with E-state index in [1.165, 1.54) is 6.07 Å². The lowest BCUT2D eigenvalue weighted by molar-refractivity contribution is -0.128. The van der Waals surface area contributed by atoms with Crippen molar-refractivity contribution in [3.05, 3.63) is 92.3 Å². The average molecular weight is 591 g/mol. The summed E-state index contributed by atoms with van der Waals surface area (Å²) in [6, 6.07) is 13.3. The maximum Gasteiger partial charge on any atom is 0.336 e. The largest absolute Gasteiger partial charge is 0.478 e. The Balaban J connectivity index is 1.43. The zero-order valence-electron chi connectivity index (χ0n) is 22.0. The van der Waals surface area contributed by atoms with Crippen LogP contribution in [-0.2, 0) is 16.8 Å². The number of fused-ring (bicyclic) bond motifs is 7. The predicted octanol–water partition coefficient (Wildman–Crippen LogP) is 6.31. The number of carbonyl (C=O) groups excluding carboxylic acids is 1. The summed E-state index contributed by atoms with van der Waals surface area (Å²) in [5.41, 5.74) is 2.91. The van der Waals surface area contributed by atoms with E-state index < -0.39 is 29.3 Å². The van der Waals surface area contributed by atoms with Crippen molar-refractivity contribution in [1.29, 1.82) is 0 Å². The number of aryl methyl sites for hydroxylation is 1. The minimum atomic E-state index is -1.21. The lowest BCUT2D eigenvalue weighted by Gasteiger charge is -2.40. The van der Waals surface area contributed by atoms with Crippen LogP contribution in [-0.4, -0.2) is 44.3 Å². The molecule has 41 heavy (non-hydrogen) atoms. The van der Waals surface area contributed by atoms with E-state index in [9.17, 15) is 14.7 Å². The molecule has 4 atom stereocenters. The standard InChI is InChI=1S/C31H25Cl2FN4O3/c1-14-17(29(39)40)8-9-18-23-12-24-28(38(23)36-27(14)18)25(19-3-2-4-21(33)26(19)34)31(37(24)13-15-5-6-15)20-10-7-16(32)11-22(20)35-30(31)41/h2-4,7-11,15,24-25,28H,5-6,12-13H2,1H3,(H,35,41)(H,39,40). The highest BCUT2D eigenvalue weighted by atomic mass is 35.5. The molecule has 1 amide bonds. The number of halogens is 3. The Morgan fingerprint density at radius 1 is 1.20 bits per heavy atom. The fraction of sp³-hybridized carbons (Fsp3) is 0.323. The van der Waals surface area contributed by atoms with Crippen LogP contribution in [0, 0.1) is 18.7 Å². The summed E-state index contributed by atoms with van der Waals surface area (Å²) in [6.45, 7) is 2.46. The molecule has 8 rings (SSSR count). The molecule has 4 unspecified atom stereocenters. The van der Waals surface area contributed by atoms with E-state index in [0.29, 0.717) is 46.2 Å². The molecule has 7 nitrogen and oxygen atoms in total. The van der Waals surface area contributed by atoms with Crippen LogP contribution >= 0.6 is 23.2 Å². The van der Waals surface area contributed by atoms with Gasteiger partial charge in [-0.25, -0.2) is 9.18 Å². The number of nitrogens with zero attached hydrogens (tertiary/aromatic N) is 3. The number of rotatable bonds is 4. The number of hydrogen-bond donors (Lipinski definition) is 2. The highest BCUT2D eigenvalue weighted by Crippen LogP contribution is 2.64. The Kier molecular flexibility index (Phi) is 5.26. The summed E-state index contributed by atoms with van der Waals surface area (Å²) in [5, 5.41) is 19.2. The third-order valence-corrected chi connectivity index (χ3v) is 10.2. The van der Waals surface area contributed by atoms with Gasteiger partial charge in [-0.1, -0.05) is 47.5 Å². The van der Waals surface area contributed by atoms with Crippen LogP contribution in [0.15, 0.2) is 48.5 Å². The summed E-state index contributed by atoms with van der Waals surface area (Å²) in [7, 11) is 0. The number of carboxylic acid groups (broad SMARTS) is 1. The monoisotopic (exact) mass is 590 g/mol. The minimum Gasteiger partial charge on any atom is -0.478 e. The van der Waals surface area contributed by atoms with E-state index in [-0.39, 0.29) is 22.5 Å². The van der Waals surface area contributed by atoms with E-state index in [1.54, 1.807) is 37.3 Å². The first-order valence-electron chi connectivity index (χ1n) is 13.8. The number of benzene rings is 3. The third kappa shape index (κ3) is 3.27. The minimum absolute atomic E-state index is 0.00429. The second kappa shape index (κ2) is 8.53. The van der Waals surface area contributed by atoms with Crippen LogP contribution in [0.3, 0.4) is 0 Å². The molecule has 1 spiro atoms. The molecular formula is C31H25Cl2FN4O3. The number of nitrogens with one attached hydrogen (secondary N) is 1. The van der Waals surface area contributed by atoms with E-state index >= 15 is 4.39 Å². The van der Waals surface area contributed by atoms with Crippen molar-refractivity contribution in [3.8, 4) is 0 Å². The van der Waals surface area contributed by atoms with Gasteiger partial charge in [-0.15, -0.1) is 0 Å². The lowest BCUT2D eigenvalue weighted by Crippen LogP contribution is -2.53. The van der Waals surface area contributed by atoms with Crippen molar-refractivity contribution in [2.24, 2.45) is 5.92 Å². The van der Waals surface area contributed by atoms with Crippen LogP contribution in [0.25, 0.3) is 10.9 Å². The van der Waals surface area contributed by atoms with Crippen molar-refractivity contribution in [1.82, 2.24) is 14.7 Å². The van der Waals surface area contributed by atoms with Crippen LogP contribution in [0.2, 0.25) is 10.0 Å². The van der Waals surface area contributed by atoms with Gasteiger partial charge in [0.15, 0.2) is 0 Å². The first kappa shape index (κ1) is 25.3. The highest BCUT2D eigenvalue weighted by molar-refractivity contribution is 6.31. The number of aromatic carboxylic acids is 1. The third-order valence-electron chi connectivity index (χ3n) is 9.64. The molecule has 0 radical (unpaired) electrons. The summed E-state index contributed by atoms with van der Waals surface area (Å²) in [6.07, 6.45) is 2.76. The molecule has 1 saturated carbocycles. The quantitative estimate of drug-likeness (QED) is 0.291. The van der Waals surface area contributed by atoms with Gasteiger partial charge in [-0.2, -0.15) is 5.10 Å². The van der Waals surface area contributed by atoms with E-state index in [0.717, 1.165) is 29.5 Å². The molecule has 2 fully saturated rings. The molecule has 4 aliphatic rings. The fourth-order valence-corrected chi connectivity index (χ4v) is 8.13. The summed E-state index contributed by atoms with van der Waals surface area (Å²) >= 11 is 12.7. The second-order valence-electron chi connectivity index (χ2n) is 11.7. The van der Waals surface area contributed by atoms with Gasteiger partial charge in [0.05, 0.1) is 22.1 Å². The van der Waals surface area contributed by atoms with Crippen molar-refractivity contribution in [3.63, 3.8) is 0 Å². The average Bonchev–Trinajstić information content (AvgIpc) is 3.36. The number of anilines is 1. The summed E-state index contributed by atoms with van der Waals surface area (Å²) in [5.74, 6) is -1.98. The SMILES string of the molecule is Cc1c(C(=O)O)ccc2c3n(nc12)C1C(C3)N(CC2CC2)C2(C(=O)Nc3cc(Cl)ccc32)C1c1cccc(Cl)c1F. The summed E-state index contributed by atoms with van der Waals surface area (Å²) < 4.78 is 18.0. The molecule has 4 aromatic rings. The topological polar surface area (TPSA) is 87.5 Å². The van der Waals surface area contributed by atoms with Crippen molar-refractivity contribution < 1.29 is 19.1 Å². The normalized spacial score (nSPS) is 26.4. The Labute approximate surface area is 244 Å². The molecular weight excluding hydrogens is 566 g/mol. The smallest absolute Gasteiger partial charge is 0.336 e. The molecule has 208 valence electrons. The van der Waals surface area contributed by atoms with Crippen LogP contribution < -0.4 is 5.32 Å². The Bertz CT molecular complexity index is 1840. The van der Waals surface area contributed by atoms with E-state index in [4.69, 9.17) is 28.3 Å². The molecule has 10 heteroatoms. The maximum atomic E-state index is 16.1. The Hall–Kier alpha value is -3.46.